The fourth-order valence-corrected chi connectivity index (χ4v) is 4.86. The molecule has 2 unspecified atom stereocenters. The highest BCUT2D eigenvalue weighted by atomic mass is 19.2. The Labute approximate surface area is 236 Å². The number of nitrogens with one attached hydrogen (secondary N) is 3. The van der Waals surface area contributed by atoms with Gasteiger partial charge in [0, 0.05) is 23.9 Å². The van der Waals surface area contributed by atoms with Gasteiger partial charge in [-0.2, -0.15) is 8.78 Å². The van der Waals surface area contributed by atoms with Crippen molar-refractivity contribution in [2.45, 2.75) is 44.2 Å². The number of carbonyl (C=O) groups is 4. The minimum absolute atomic E-state index is 0.000723. The second-order valence-electron chi connectivity index (χ2n) is 10.5. The number of hydrogen-bond donors (Lipinski definition) is 3. The predicted octanol–water partition coefficient (Wildman–Crippen LogP) is 3.55. The topological polar surface area (TPSA) is 127 Å². The number of hydrogen-bond acceptors (Lipinski definition) is 6. The van der Waals surface area contributed by atoms with Crippen molar-refractivity contribution in [3.05, 3.63) is 65.4 Å². The highest BCUT2D eigenvalue weighted by Crippen LogP contribution is 2.34. The van der Waals surface area contributed by atoms with E-state index in [1.165, 1.54) is 6.07 Å². The van der Waals surface area contributed by atoms with E-state index in [2.05, 4.69) is 16.0 Å². The first-order chi connectivity index (χ1) is 20.1. The van der Waals surface area contributed by atoms with Crippen molar-refractivity contribution in [1.29, 1.82) is 0 Å². The van der Waals surface area contributed by atoms with Crippen LogP contribution >= 0.6 is 0 Å². The van der Waals surface area contributed by atoms with E-state index in [1.54, 1.807) is 24.3 Å². The van der Waals surface area contributed by atoms with Gasteiger partial charge in [0.25, 0.3) is 5.91 Å². The van der Waals surface area contributed by atoms with Gasteiger partial charge in [0.15, 0.2) is 28.9 Å². The molecule has 2 aliphatic rings. The Kier molecular flexibility index (Phi) is 8.46. The zero-order valence-corrected chi connectivity index (χ0v) is 22.2. The maximum absolute atomic E-state index is 14.1. The quantitative estimate of drug-likeness (QED) is 0.219. The summed E-state index contributed by atoms with van der Waals surface area (Å²) in [4.78, 5) is 51.8. The molecule has 5 rings (SSSR count). The summed E-state index contributed by atoms with van der Waals surface area (Å²) in [6.07, 6.45) is 2.17. The summed E-state index contributed by atoms with van der Waals surface area (Å²) in [6.45, 7) is -0.708. The van der Waals surface area contributed by atoms with Crippen LogP contribution in [0.5, 0.6) is 5.75 Å². The highest BCUT2D eigenvalue weighted by molar-refractivity contribution is 5.99. The predicted molar refractivity (Wildman–Crippen MR) is 139 cm³/mol. The number of benzene rings is 2. The Morgan fingerprint density at radius 1 is 0.952 bits per heavy atom. The van der Waals surface area contributed by atoms with E-state index in [-0.39, 0.29) is 36.5 Å². The second-order valence-corrected chi connectivity index (χ2v) is 10.5. The molecule has 2 heterocycles. The number of rotatable bonds is 12. The Balaban J connectivity index is 1.31. The van der Waals surface area contributed by atoms with E-state index in [1.807, 2.05) is 0 Å². The summed E-state index contributed by atoms with van der Waals surface area (Å²) in [6, 6.07) is 6.07. The number of halogens is 4. The second kappa shape index (κ2) is 12.2. The summed E-state index contributed by atoms with van der Waals surface area (Å²) < 4.78 is 65.7. The molecule has 1 saturated heterocycles. The lowest BCUT2D eigenvalue weighted by atomic mass is 9.95. The van der Waals surface area contributed by atoms with Crippen LogP contribution in [0.2, 0.25) is 0 Å². The van der Waals surface area contributed by atoms with Crippen LogP contribution < -0.4 is 20.7 Å². The molecule has 1 aliphatic carbocycles. The number of ketones is 1. The first kappa shape index (κ1) is 29.1. The molecule has 222 valence electrons. The van der Waals surface area contributed by atoms with Crippen LogP contribution in [0.3, 0.4) is 0 Å². The Morgan fingerprint density at radius 2 is 1.67 bits per heavy atom. The van der Waals surface area contributed by atoms with Gasteiger partial charge in [-0.25, -0.2) is 8.78 Å². The molecule has 2 aromatic carbocycles. The molecule has 3 N–H and O–H groups in total. The third-order valence-corrected chi connectivity index (χ3v) is 7.36. The third-order valence-electron chi connectivity index (χ3n) is 7.36. The number of ether oxygens (including phenoxy) is 1. The number of fused-ring (bicyclic) bond motifs is 1. The van der Waals surface area contributed by atoms with Gasteiger partial charge >= 0.3 is 0 Å². The van der Waals surface area contributed by atoms with Crippen LogP contribution in [-0.2, 0) is 14.4 Å². The summed E-state index contributed by atoms with van der Waals surface area (Å²) in [5.74, 6) is -11.6. The van der Waals surface area contributed by atoms with Gasteiger partial charge in [0.2, 0.25) is 23.4 Å². The molecule has 3 aromatic rings. The van der Waals surface area contributed by atoms with E-state index in [0.29, 0.717) is 23.9 Å². The third kappa shape index (κ3) is 6.55. The van der Waals surface area contributed by atoms with Crippen LogP contribution in [-0.4, -0.2) is 48.7 Å². The molecule has 0 spiro atoms. The molecule has 1 aliphatic heterocycles. The maximum atomic E-state index is 14.1. The lowest BCUT2D eigenvalue weighted by molar-refractivity contribution is -0.131. The summed E-state index contributed by atoms with van der Waals surface area (Å²) in [5, 5.41) is 8.50. The number of Topliss-reactive ketones (excluding diaryl/α,β-unsaturated/α-hetero) is 1. The van der Waals surface area contributed by atoms with Crippen molar-refractivity contribution < 1.29 is 45.9 Å². The Hall–Kier alpha value is -4.42. The molecular formula is C29H27F4N3O6. The number of amides is 3. The molecule has 0 bridgehead atoms. The van der Waals surface area contributed by atoms with Gasteiger partial charge in [0.05, 0.1) is 6.04 Å². The van der Waals surface area contributed by atoms with Gasteiger partial charge in [-0.3, -0.25) is 19.2 Å². The van der Waals surface area contributed by atoms with Gasteiger partial charge in [0.1, 0.15) is 18.2 Å². The lowest BCUT2D eigenvalue weighted by Crippen LogP contribution is -2.53. The van der Waals surface area contributed by atoms with Gasteiger partial charge < -0.3 is 25.1 Å². The van der Waals surface area contributed by atoms with Crippen LogP contribution in [0.1, 0.15) is 42.7 Å². The molecule has 0 radical (unpaired) electrons. The average molecular weight is 590 g/mol. The molecular weight excluding hydrogens is 562 g/mol. The number of carbonyl (C=O) groups excluding carboxylic acids is 4. The van der Waals surface area contributed by atoms with Crippen LogP contribution in [0, 0.1) is 35.1 Å². The van der Waals surface area contributed by atoms with Gasteiger partial charge in [-0.1, -0.05) is 31.0 Å². The molecule has 1 aromatic heterocycles. The fourth-order valence-electron chi connectivity index (χ4n) is 4.86. The lowest BCUT2D eigenvalue weighted by Gasteiger charge is -2.24. The summed E-state index contributed by atoms with van der Waals surface area (Å²) in [5.41, 5.74) is 0.484. The molecule has 1 saturated carbocycles. The monoisotopic (exact) mass is 589 g/mol. The van der Waals surface area contributed by atoms with E-state index in [4.69, 9.17) is 9.15 Å². The van der Waals surface area contributed by atoms with Crippen molar-refractivity contribution in [2.24, 2.45) is 11.8 Å². The van der Waals surface area contributed by atoms with E-state index in [9.17, 15) is 36.7 Å². The molecule has 13 heteroatoms. The minimum Gasteiger partial charge on any atom is -0.479 e. The van der Waals surface area contributed by atoms with Crippen LogP contribution in [0.15, 0.2) is 40.8 Å². The SMILES string of the molecule is O=C(NC(CC1CC1)C(=O)NC(C[C@@H]1CCNC1=O)C(=O)COc1c(F)c(F)cc(F)c1F)c1cc2ccccc2o1. The van der Waals surface area contributed by atoms with Crippen molar-refractivity contribution in [1.82, 2.24) is 16.0 Å². The van der Waals surface area contributed by atoms with Crippen LogP contribution in [0.4, 0.5) is 17.6 Å². The standard InChI is InChI=1S/C29H27F4N3O6/c30-17-12-18(31)25(33)26(24(17)32)41-13-21(37)19(10-16-7-8-34-27(16)38)35-28(39)20(9-14-5-6-14)36-29(40)23-11-15-3-1-2-4-22(15)42-23/h1-4,11-12,14,16,19-20H,5-10,13H2,(H,34,38)(H,35,39)(H,36,40)/t16-,19?,20?/m0/s1. The fraction of sp³-hybridized carbons (Fsp3) is 0.379. The first-order valence-electron chi connectivity index (χ1n) is 13.5. The molecule has 3 amide bonds. The zero-order valence-electron chi connectivity index (χ0n) is 22.2. The maximum Gasteiger partial charge on any atom is 0.287 e. The van der Waals surface area contributed by atoms with Gasteiger partial charge in [-0.05, 0) is 37.3 Å². The molecule has 42 heavy (non-hydrogen) atoms. The van der Waals surface area contributed by atoms with Gasteiger partial charge in [-0.15, -0.1) is 0 Å². The normalized spacial score (nSPS) is 17.9. The van der Waals surface area contributed by atoms with Crippen molar-refractivity contribution in [3.8, 4) is 5.75 Å². The highest BCUT2D eigenvalue weighted by Gasteiger charge is 2.36. The van der Waals surface area contributed by atoms with Crippen molar-refractivity contribution in [3.63, 3.8) is 0 Å². The van der Waals surface area contributed by atoms with E-state index >= 15 is 0 Å². The molecule has 3 atom stereocenters. The molecule has 2 fully saturated rings. The minimum atomic E-state index is -1.82. The average Bonchev–Trinajstić information content (AvgIpc) is 3.52. The van der Waals surface area contributed by atoms with Crippen LogP contribution in [0.25, 0.3) is 11.0 Å². The largest absolute Gasteiger partial charge is 0.479 e. The zero-order chi connectivity index (χ0) is 30.0. The van der Waals surface area contributed by atoms with Crippen molar-refractivity contribution >= 4 is 34.5 Å². The Morgan fingerprint density at radius 3 is 2.31 bits per heavy atom. The Bertz CT molecular complexity index is 1480. The first-order valence-corrected chi connectivity index (χ1v) is 13.5. The number of furan rings is 1. The summed E-state index contributed by atoms with van der Waals surface area (Å²) in [7, 11) is 0. The van der Waals surface area contributed by atoms with Crippen molar-refractivity contribution in [2.75, 3.05) is 13.2 Å². The smallest absolute Gasteiger partial charge is 0.287 e. The van der Waals surface area contributed by atoms with E-state index in [0.717, 1.165) is 12.8 Å². The molecule has 9 nitrogen and oxygen atoms in total. The van der Waals surface area contributed by atoms with E-state index < -0.39 is 71.2 Å². The summed E-state index contributed by atoms with van der Waals surface area (Å²) >= 11 is 0. The number of para-hydroxylation sites is 1.